The van der Waals surface area contributed by atoms with Crippen molar-refractivity contribution in [3.8, 4) is 0 Å². The highest BCUT2D eigenvalue weighted by atomic mass is 32.2. The number of nitrogens with two attached hydrogens (primary N) is 1. The molecule has 1 aliphatic rings. The monoisotopic (exact) mass is 274 g/mol. The maximum Gasteiger partial charge on any atom is 0.241 e. The maximum atomic E-state index is 12.1. The van der Waals surface area contributed by atoms with Crippen LogP contribution in [0.25, 0.3) is 0 Å². The van der Waals surface area contributed by atoms with Gasteiger partial charge in [-0.2, -0.15) is 0 Å². The van der Waals surface area contributed by atoms with Gasteiger partial charge in [0.05, 0.1) is 4.90 Å². The summed E-state index contributed by atoms with van der Waals surface area (Å²) < 4.78 is 27.1. The van der Waals surface area contributed by atoms with Crippen LogP contribution in [0.3, 0.4) is 0 Å². The highest BCUT2D eigenvalue weighted by molar-refractivity contribution is 7.89. The molecule has 3 N–H and O–H groups in total. The van der Waals surface area contributed by atoms with Gasteiger partial charge in [-0.15, -0.1) is 11.3 Å². The summed E-state index contributed by atoms with van der Waals surface area (Å²) in [6.45, 7) is 4.30. The van der Waals surface area contributed by atoms with Crippen LogP contribution in [0.5, 0.6) is 0 Å². The molecule has 6 heteroatoms. The molecular formula is C11H18N2O2S2. The Morgan fingerprint density at radius 2 is 2.29 bits per heavy atom. The van der Waals surface area contributed by atoms with E-state index in [1.165, 1.54) is 11.3 Å². The fourth-order valence-corrected chi connectivity index (χ4v) is 4.83. The van der Waals surface area contributed by atoms with Crippen molar-refractivity contribution >= 4 is 21.4 Å². The average molecular weight is 274 g/mol. The van der Waals surface area contributed by atoms with Gasteiger partial charge in [-0.25, -0.2) is 13.1 Å². The van der Waals surface area contributed by atoms with Crippen molar-refractivity contribution < 1.29 is 8.42 Å². The van der Waals surface area contributed by atoms with E-state index in [2.05, 4.69) is 11.6 Å². The Hall–Kier alpha value is -0.430. The van der Waals surface area contributed by atoms with Crippen molar-refractivity contribution in [2.45, 2.75) is 44.2 Å². The third-order valence-electron chi connectivity index (χ3n) is 3.17. The molecule has 0 aliphatic heterocycles. The van der Waals surface area contributed by atoms with Crippen LogP contribution in [-0.4, -0.2) is 14.5 Å². The summed E-state index contributed by atoms with van der Waals surface area (Å²) in [5, 5.41) is 0. The minimum Gasteiger partial charge on any atom is -0.326 e. The van der Waals surface area contributed by atoms with E-state index in [4.69, 9.17) is 5.73 Å². The third-order valence-corrected chi connectivity index (χ3v) is 5.99. The molecule has 0 aromatic carbocycles. The Morgan fingerprint density at radius 3 is 2.76 bits per heavy atom. The van der Waals surface area contributed by atoms with Crippen molar-refractivity contribution in [1.29, 1.82) is 0 Å². The van der Waals surface area contributed by atoms with Gasteiger partial charge >= 0.3 is 0 Å². The van der Waals surface area contributed by atoms with Gasteiger partial charge in [-0.1, -0.05) is 13.3 Å². The van der Waals surface area contributed by atoms with Crippen molar-refractivity contribution in [3.05, 3.63) is 15.8 Å². The summed E-state index contributed by atoms with van der Waals surface area (Å²) in [5.74, 6) is 0.512. The molecule has 4 nitrogen and oxygen atoms in total. The van der Waals surface area contributed by atoms with E-state index in [-0.39, 0.29) is 6.04 Å². The van der Waals surface area contributed by atoms with Gasteiger partial charge in [0.15, 0.2) is 0 Å². The van der Waals surface area contributed by atoms with Crippen LogP contribution in [-0.2, 0) is 16.6 Å². The summed E-state index contributed by atoms with van der Waals surface area (Å²) in [6, 6.07) is 1.82. The van der Waals surface area contributed by atoms with Gasteiger partial charge < -0.3 is 5.73 Å². The number of thiophene rings is 1. The Balaban J connectivity index is 2.17. The highest BCUT2D eigenvalue weighted by Gasteiger charge is 2.39. The Kier molecular flexibility index (Phi) is 3.58. The summed E-state index contributed by atoms with van der Waals surface area (Å²) >= 11 is 1.45. The van der Waals surface area contributed by atoms with Gasteiger partial charge in [0, 0.05) is 22.3 Å². The van der Waals surface area contributed by atoms with Crippen LogP contribution in [0.15, 0.2) is 11.0 Å². The van der Waals surface area contributed by atoms with Gasteiger partial charge in [-0.3, -0.25) is 0 Å². The van der Waals surface area contributed by atoms with Crippen molar-refractivity contribution in [2.24, 2.45) is 11.7 Å². The molecule has 0 spiro atoms. The van der Waals surface area contributed by atoms with Gasteiger partial charge in [0.1, 0.15) is 0 Å². The predicted molar refractivity (Wildman–Crippen MR) is 69.5 cm³/mol. The zero-order chi connectivity index (χ0) is 12.6. The normalized spacial score (nSPS) is 23.9. The van der Waals surface area contributed by atoms with E-state index in [0.29, 0.717) is 17.4 Å². The Morgan fingerprint density at radius 1 is 1.59 bits per heavy atom. The van der Waals surface area contributed by atoms with Crippen molar-refractivity contribution in [2.75, 3.05) is 0 Å². The lowest BCUT2D eigenvalue weighted by molar-refractivity contribution is 0.575. The van der Waals surface area contributed by atoms with E-state index < -0.39 is 10.0 Å². The summed E-state index contributed by atoms with van der Waals surface area (Å²) in [6.07, 6.45) is 1.99. The molecular weight excluding hydrogens is 256 g/mol. The molecule has 2 atom stereocenters. The Bertz CT molecular complexity index is 508. The van der Waals surface area contributed by atoms with Crippen LogP contribution < -0.4 is 10.5 Å². The molecule has 0 amide bonds. The number of rotatable bonds is 5. The number of nitrogens with one attached hydrogen (secondary N) is 1. The molecule has 0 bridgehead atoms. The van der Waals surface area contributed by atoms with Crippen LogP contribution in [0.2, 0.25) is 0 Å². The quantitative estimate of drug-likeness (QED) is 0.856. The molecule has 2 unspecified atom stereocenters. The number of hydrogen-bond donors (Lipinski definition) is 2. The number of sulfonamides is 1. The second-order valence-electron chi connectivity index (χ2n) is 4.47. The minimum absolute atomic E-state index is 0.130. The summed E-state index contributed by atoms with van der Waals surface area (Å²) in [7, 11) is -3.36. The average Bonchev–Trinajstić information content (AvgIpc) is 2.88. The molecule has 1 heterocycles. The Labute approximate surface area is 106 Å². The maximum absolute atomic E-state index is 12.1. The zero-order valence-corrected chi connectivity index (χ0v) is 11.7. The summed E-state index contributed by atoms with van der Waals surface area (Å²) in [4.78, 5) is 2.11. The number of hydrogen-bond acceptors (Lipinski definition) is 4. The molecule has 1 aliphatic carbocycles. The second kappa shape index (κ2) is 4.68. The van der Waals surface area contributed by atoms with E-state index in [9.17, 15) is 8.42 Å². The smallest absolute Gasteiger partial charge is 0.241 e. The highest BCUT2D eigenvalue weighted by Crippen LogP contribution is 2.35. The molecule has 1 aromatic rings. The number of aryl methyl sites for hydroxylation is 1. The first-order valence-corrected chi connectivity index (χ1v) is 8.09. The second-order valence-corrected chi connectivity index (χ2v) is 7.49. The molecule has 1 saturated carbocycles. The molecule has 2 rings (SSSR count). The predicted octanol–water partition coefficient (Wildman–Crippen LogP) is 1.59. The minimum atomic E-state index is -3.36. The molecule has 0 radical (unpaired) electrons. The molecule has 17 heavy (non-hydrogen) atoms. The van der Waals surface area contributed by atoms with Crippen LogP contribution in [0.1, 0.15) is 29.5 Å². The van der Waals surface area contributed by atoms with Crippen molar-refractivity contribution in [3.63, 3.8) is 0 Å². The first-order chi connectivity index (χ1) is 7.97. The molecule has 1 fully saturated rings. The fraction of sp³-hybridized carbons (Fsp3) is 0.636. The first-order valence-electron chi connectivity index (χ1n) is 5.79. The van der Waals surface area contributed by atoms with Crippen molar-refractivity contribution in [1.82, 2.24) is 4.72 Å². The van der Waals surface area contributed by atoms with E-state index in [0.717, 1.165) is 22.6 Å². The van der Waals surface area contributed by atoms with Gasteiger partial charge in [0.25, 0.3) is 0 Å². The molecule has 1 aromatic heterocycles. The van der Waals surface area contributed by atoms with Crippen LogP contribution in [0, 0.1) is 12.8 Å². The zero-order valence-electron chi connectivity index (χ0n) is 10.1. The third kappa shape index (κ3) is 2.70. The van der Waals surface area contributed by atoms with Gasteiger partial charge in [0.2, 0.25) is 10.0 Å². The lowest BCUT2D eigenvalue weighted by Crippen LogP contribution is -2.27. The topological polar surface area (TPSA) is 72.2 Å². The lowest BCUT2D eigenvalue weighted by atomic mass is 10.3. The van der Waals surface area contributed by atoms with E-state index in [1.54, 1.807) is 6.07 Å². The van der Waals surface area contributed by atoms with Crippen LogP contribution >= 0.6 is 11.3 Å². The summed E-state index contributed by atoms with van der Waals surface area (Å²) in [5.41, 5.74) is 5.53. The van der Waals surface area contributed by atoms with Crippen LogP contribution in [0.4, 0.5) is 0 Å². The van der Waals surface area contributed by atoms with E-state index in [1.807, 2.05) is 6.92 Å². The molecule has 96 valence electrons. The fourth-order valence-electron chi connectivity index (χ4n) is 2.00. The lowest BCUT2D eigenvalue weighted by Gasteiger charge is -2.05. The standard InChI is InChI=1S/C11H18N2O2S2/c1-3-8-4-10(8)13-17(14,15)11-5-9(6-12)16-7(11)2/h5,8,10,13H,3-4,6,12H2,1-2H3. The molecule has 0 saturated heterocycles. The largest absolute Gasteiger partial charge is 0.326 e. The van der Waals surface area contributed by atoms with E-state index >= 15 is 0 Å². The first kappa shape index (κ1) is 13.0. The van der Waals surface area contributed by atoms with Gasteiger partial charge in [-0.05, 0) is 25.3 Å². The SMILES string of the molecule is CCC1CC1NS(=O)(=O)c1cc(CN)sc1C.